The summed E-state index contributed by atoms with van der Waals surface area (Å²) in [6, 6.07) is 3.21. The summed E-state index contributed by atoms with van der Waals surface area (Å²) in [7, 11) is 0. The molecule has 28 heavy (non-hydrogen) atoms. The molecule has 2 heterocycles. The lowest BCUT2D eigenvalue weighted by molar-refractivity contribution is -0.139. The van der Waals surface area contributed by atoms with Gasteiger partial charge in [-0.15, -0.1) is 0 Å². The van der Waals surface area contributed by atoms with E-state index in [1.54, 1.807) is 0 Å². The third-order valence-corrected chi connectivity index (χ3v) is 4.95. The van der Waals surface area contributed by atoms with Crippen molar-refractivity contribution in [2.45, 2.75) is 45.3 Å². The van der Waals surface area contributed by atoms with E-state index in [1.807, 2.05) is 13.8 Å². The number of carbonyl (C=O) groups is 4. The molecule has 0 aromatic heterocycles. The molecule has 3 rings (SSSR count). The van der Waals surface area contributed by atoms with Crippen LogP contribution in [0.3, 0.4) is 0 Å². The number of rotatable bonds is 7. The highest BCUT2D eigenvalue weighted by Gasteiger charge is 2.38. The number of amides is 3. The normalized spacial score (nSPS) is 19.8. The highest BCUT2D eigenvalue weighted by Crippen LogP contribution is 2.26. The molecule has 1 unspecified atom stereocenters. The molecule has 1 aromatic carbocycles. The van der Waals surface area contributed by atoms with E-state index in [9.17, 15) is 24.3 Å². The zero-order valence-electron chi connectivity index (χ0n) is 15.9. The molecule has 2 aliphatic heterocycles. The number of benzene rings is 1. The smallest absolute Gasteiger partial charge is 0.326 e. The zero-order valence-corrected chi connectivity index (χ0v) is 15.9. The number of nitrogens with one attached hydrogen (secondary N) is 1. The molecule has 1 aromatic rings. The van der Waals surface area contributed by atoms with Crippen molar-refractivity contribution in [3.05, 3.63) is 34.9 Å². The number of hydrogen-bond acceptors (Lipinski definition) is 5. The second-order valence-corrected chi connectivity index (χ2v) is 7.61. The predicted molar refractivity (Wildman–Crippen MR) is 99.1 cm³/mol. The van der Waals surface area contributed by atoms with E-state index in [0.717, 1.165) is 17.7 Å². The first-order valence-electron chi connectivity index (χ1n) is 9.43. The molecule has 150 valence electrons. The van der Waals surface area contributed by atoms with Crippen molar-refractivity contribution in [2.24, 2.45) is 5.92 Å². The minimum absolute atomic E-state index is 0.0898. The fourth-order valence-corrected chi connectivity index (χ4v) is 3.52. The van der Waals surface area contributed by atoms with Crippen LogP contribution in [-0.4, -0.2) is 59.0 Å². The molecular weight excluding hydrogens is 364 g/mol. The Hall–Kier alpha value is -2.74. The Morgan fingerprint density at radius 2 is 1.96 bits per heavy atom. The lowest BCUT2D eigenvalue weighted by Crippen LogP contribution is -2.41. The molecular formula is C20H24N2O6. The predicted octanol–water partition coefficient (Wildman–Crippen LogP) is 1.69. The van der Waals surface area contributed by atoms with Gasteiger partial charge in [-0.05, 0) is 43.4 Å². The van der Waals surface area contributed by atoms with Gasteiger partial charge >= 0.3 is 5.97 Å². The Morgan fingerprint density at radius 1 is 1.25 bits per heavy atom. The van der Waals surface area contributed by atoms with Crippen LogP contribution < -0.4 is 5.32 Å². The van der Waals surface area contributed by atoms with E-state index in [2.05, 4.69) is 5.32 Å². The van der Waals surface area contributed by atoms with E-state index in [-0.39, 0.29) is 35.3 Å². The van der Waals surface area contributed by atoms with Crippen LogP contribution in [0.1, 0.15) is 64.2 Å². The van der Waals surface area contributed by atoms with Crippen LogP contribution in [0.2, 0.25) is 0 Å². The van der Waals surface area contributed by atoms with Gasteiger partial charge in [0.2, 0.25) is 0 Å². The highest BCUT2D eigenvalue weighted by atomic mass is 16.5. The highest BCUT2D eigenvalue weighted by molar-refractivity contribution is 6.22. The molecule has 2 N–H and O–H groups in total. The number of imide groups is 1. The van der Waals surface area contributed by atoms with Crippen LogP contribution in [-0.2, 0) is 9.53 Å². The number of nitrogens with zero attached hydrogens (tertiary/aromatic N) is 1. The lowest BCUT2D eigenvalue weighted by Gasteiger charge is -2.18. The first kappa shape index (κ1) is 20.0. The fourth-order valence-electron chi connectivity index (χ4n) is 3.52. The van der Waals surface area contributed by atoms with Crippen LogP contribution in [0.4, 0.5) is 0 Å². The second-order valence-electron chi connectivity index (χ2n) is 7.61. The van der Waals surface area contributed by atoms with E-state index >= 15 is 0 Å². The van der Waals surface area contributed by atoms with Gasteiger partial charge in [-0.25, -0.2) is 4.79 Å². The van der Waals surface area contributed by atoms with Gasteiger partial charge < -0.3 is 15.2 Å². The summed E-state index contributed by atoms with van der Waals surface area (Å²) in [5.41, 5.74) is 0.553. The van der Waals surface area contributed by atoms with Gasteiger partial charge in [0.05, 0.1) is 23.8 Å². The van der Waals surface area contributed by atoms with Crippen LogP contribution in [0, 0.1) is 5.92 Å². The molecule has 0 radical (unpaired) electrons. The third kappa shape index (κ3) is 4.06. The largest absolute Gasteiger partial charge is 0.480 e. The maximum Gasteiger partial charge on any atom is 0.326 e. The molecule has 0 aliphatic carbocycles. The molecule has 0 saturated carbocycles. The van der Waals surface area contributed by atoms with Crippen molar-refractivity contribution in [3.63, 3.8) is 0 Å². The number of carboxylic acids is 1. The molecule has 1 saturated heterocycles. The Bertz CT molecular complexity index is 813. The number of aliphatic carboxylic acids is 1. The first-order valence-corrected chi connectivity index (χ1v) is 9.43. The Kier molecular flexibility index (Phi) is 5.79. The summed E-state index contributed by atoms with van der Waals surface area (Å²) in [6.45, 7) is 4.55. The lowest BCUT2D eigenvalue weighted by atomic mass is 10.0. The maximum atomic E-state index is 12.7. The minimum atomic E-state index is -1.11. The summed E-state index contributed by atoms with van der Waals surface area (Å²) in [5, 5.41) is 11.8. The zero-order chi connectivity index (χ0) is 20.4. The first-order chi connectivity index (χ1) is 13.3. The van der Waals surface area contributed by atoms with Crippen molar-refractivity contribution in [2.75, 3.05) is 13.2 Å². The summed E-state index contributed by atoms with van der Waals surface area (Å²) in [4.78, 5) is 50.2. The third-order valence-electron chi connectivity index (χ3n) is 4.95. The van der Waals surface area contributed by atoms with Gasteiger partial charge in [0.15, 0.2) is 0 Å². The van der Waals surface area contributed by atoms with Gasteiger partial charge in [0.1, 0.15) is 6.04 Å². The number of carbonyl (C=O) groups excluding carboxylic acids is 3. The van der Waals surface area contributed by atoms with Gasteiger partial charge in [-0.1, -0.05) is 13.8 Å². The van der Waals surface area contributed by atoms with Crippen LogP contribution in [0.25, 0.3) is 0 Å². The van der Waals surface area contributed by atoms with E-state index in [1.165, 1.54) is 18.2 Å². The summed E-state index contributed by atoms with van der Waals surface area (Å²) in [6.07, 6.45) is 1.84. The maximum absolute atomic E-state index is 12.7. The average molecular weight is 388 g/mol. The van der Waals surface area contributed by atoms with E-state index in [0.29, 0.717) is 13.0 Å². The molecule has 0 spiro atoms. The summed E-state index contributed by atoms with van der Waals surface area (Å²) in [5.74, 6) is -2.47. The number of carboxylic acid groups (broad SMARTS) is 1. The van der Waals surface area contributed by atoms with Crippen molar-refractivity contribution in [1.29, 1.82) is 0 Å². The number of fused-ring (bicyclic) bond motifs is 1. The van der Waals surface area contributed by atoms with Gasteiger partial charge in [-0.3, -0.25) is 19.3 Å². The monoisotopic (exact) mass is 388 g/mol. The average Bonchev–Trinajstić information content (AvgIpc) is 3.23. The van der Waals surface area contributed by atoms with Crippen LogP contribution in [0.15, 0.2) is 18.2 Å². The molecule has 2 aliphatic rings. The van der Waals surface area contributed by atoms with Crippen molar-refractivity contribution in [3.8, 4) is 0 Å². The van der Waals surface area contributed by atoms with Crippen molar-refractivity contribution in [1.82, 2.24) is 10.2 Å². The number of hydrogen-bond donors (Lipinski definition) is 2. The topological polar surface area (TPSA) is 113 Å². The van der Waals surface area contributed by atoms with Crippen LogP contribution in [0.5, 0.6) is 0 Å². The minimum Gasteiger partial charge on any atom is -0.480 e. The molecule has 0 bridgehead atoms. The second kappa shape index (κ2) is 8.10. The Balaban J connectivity index is 1.76. The fraction of sp³-hybridized carbons (Fsp3) is 0.500. The molecule has 8 nitrogen and oxygen atoms in total. The molecule has 2 atom stereocenters. The standard InChI is InChI=1S/C20H24N2O6/c1-11(2)8-16(20(26)27)21-17(23)12-5-6-14-15(9-12)19(25)22(18(14)24)10-13-4-3-7-28-13/h5-6,9,11,13,16H,3-4,7-8,10H2,1-2H3,(H,21,23)(H,26,27)/t13?,16-/m1/s1. The van der Waals surface area contributed by atoms with E-state index < -0.39 is 29.7 Å². The molecule has 3 amide bonds. The van der Waals surface area contributed by atoms with Crippen LogP contribution >= 0.6 is 0 Å². The summed E-state index contributed by atoms with van der Waals surface area (Å²) < 4.78 is 5.50. The van der Waals surface area contributed by atoms with Gasteiger partial charge in [-0.2, -0.15) is 0 Å². The Morgan fingerprint density at radius 3 is 2.57 bits per heavy atom. The molecule has 8 heteroatoms. The number of ether oxygens (including phenoxy) is 1. The van der Waals surface area contributed by atoms with Crippen molar-refractivity contribution < 1.29 is 29.0 Å². The van der Waals surface area contributed by atoms with Gasteiger partial charge in [0.25, 0.3) is 17.7 Å². The molecule has 1 fully saturated rings. The van der Waals surface area contributed by atoms with Gasteiger partial charge in [0, 0.05) is 12.2 Å². The summed E-state index contributed by atoms with van der Waals surface area (Å²) >= 11 is 0. The van der Waals surface area contributed by atoms with Crippen molar-refractivity contribution >= 4 is 23.7 Å². The Labute approximate surface area is 162 Å². The quantitative estimate of drug-likeness (QED) is 0.688. The van der Waals surface area contributed by atoms with E-state index in [4.69, 9.17) is 4.74 Å². The SMILES string of the molecule is CC(C)C[C@@H](NC(=O)c1ccc2c(c1)C(=O)N(CC1CCCO1)C2=O)C(=O)O.